The monoisotopic (exact) mass is 385 g/mol. The van der Waals surface area contributed by atoms with Crippen molar-refractivity contribution in [3.8, 4) is 0 Å². The minimum Gasteiger partial charge on any atom is -0.481 e. The van der Waals surface area contributed by atoms with E-state index in [4.69, 9.17) is 0 Å². The van der Waals surface area contributed by atoms with Crippen LogP contribution < -0.4 is 0 Å². The summed E-state index contributed by atoms with van der Waals surface area (Å²) in [6.45, 7) is 1.66. The largest absolute Gasteiger partial charge is 0.481 e. The van der Waals surface area contributed by atoms with Crippen molar-refractivity contribution in [3.63, 3.8) is 0 Å². The molecule has 2 aromatic rings. The first kappa shape index (κ1) is 19.1. The fraction of sp³-hybridized carbons (Fsp3) is 0.435. The average Bonchev–Trinajstić information content (AvgIpc) is 3.11. The zero-order chi connectivity index (χ0) is 19.7. The molecule has 0 amide bonds. The highest BCUT2D eigenvalue weighted by Crippen LogP contribution is 2.38. The Labute approximate surface area is 164 Å². The lowest BCUT2D eigenvalue weighted by atomic mass is 9.94. The summed E-state index contributed by atoms with van der Waals surface area (Å²) in [6.07, 6.45) is 4.45. The second-order valence-corrected chi connectivity index (χ2v) is 7.94. The maximum absolute atomic E-state index is 13.8. The van der Waals surface area contributed by atoms with Gasteiger partial charge in [-0.3, -0.25) is 9.69 Å². The minimum absolute atomic E-state index is 0.155. The van der Waals surface area contributed by atoms with Crippen LogP contribution in [0.25, 0.3) is 0 Å². The summed E-state index contributed by atoms with van der Waals surface area (Å²) in [4.78, 5) is 13.6. The van der Waals surface area contributed by atoms with E-state index in [9.17, 15) is 18.7 Å². The lowest BCUT2D eigenvalue weighted by molar-refractivity contribution is -0.143. The summed E-state index contributed by atoms with van der Waals surface area (Å²) < 4.78 is 27.7. The smallest absolute Gasteiger partial charge is 0.306 e. The number of rotatable bonds is 5. The SMILES string of the molecule is O=C(O)C1CCN(C2CCc3cc(CCc4c(F)cccc4F)ccc32)CC1. The maximum atomic E-state index is 13.8. The van der Waals surface area contributed by atoms with Gasteiger partial charge in [-0.1, -0.05) is 24.3 Å². The first-order valence-corrected chi connectivity index (χ1v) is 10.0. The molecule has 148 valence electrons. The molecule has 3 nitrogen and oxygen atoms in total. The van der Waals surface area contributed by atoms with Gasteiger partial charge in [-0.05, 0) is 80.4 Å². The van der Waals surface area contributed by atoms with Crippen LogP contribution in [0.15, 0.2) is 36.4 Å². The van der Waals surface area contributed by atoms with Crippen molar-refractivity contribution in [1.29, 1.82) is 0 Å². The third kappa shape index (κ3) is 3.81. The van der Waals surface area contributed by atoms with Crippen molar-refractivity contribution in [2.45, 2.75) is 44.6 Å². The van der Waals surface area contributed by atoms with Crippen LogP contribution in [0.2, 0.25) is 0 Å². The Morgan fingerprint density at radius 1 is 1.04 bits per heavy atom. The highest BCUT2D eigenvalue weighted by atomic mass is 19.1. The number of carboxylic acids is 1. The highest BCUT2D eigenvalue weighted by Gasteiger charge is 2.32. The molecule has 0 aromatic heterocycles. The number of benzene rings is 2. The van der Waals surface area contributed by atoms with Crippen molar-refractivity contribution in [3.05, 3.63) is 70.3 Å². The van der Waals surface area contributed by atoms with Crippen LogP contribution in [0.5, 0.6) is 0 Å². The molecule has 0 radical (unpaired) electrons. The van der Waals surface area contributed by atoms with E-state index >= 15 is 0 Å². The van der Waals surface area contributed by atoms with Crippen molar-refractivity contribution in [2.24, 2.45) is 5.92 Å². The summed E-state index contributed by atoms with van der Waals surface area (Å²) in [7, 11) is 0. The van der Waals surface area contributed by atoms with Gasteiger partial charge in [0.05, 0.1) is 5.92 Å². The Kier molecular flexibility index (Phi) is 5.44. The van der Waals surface area contributed by atoms with Gasteiger partial charge in [-0.2, -0.15) is 0 Å². The third-order valence-electron chi connectivity index (χ3n) is 6.30. The Morgan fingerprint density at radius 3 is 2.43 bits per heavy atom. The number of hydrogen-bond acceptors (Lipinski definition) is 2. The van der Waals surface area contributed by atoms with Gasteiger partial charge in [-0.25, -0.2) is 8.78 Å². The van der Waals surface area contributed by atoms with Gasteiger partial charge in [0.1, 0.15) is 11.6 Å². The number of likely N-dealkylation sites (tertiary alicyclic amines) is 1. The number of aryl methyl sites for hydroxylation is 2. The van der Waals surface area contributed by atoms with Crippen LogP contribution in [-0.4, -0.2) is 29.1 Å². The summed E-state index contributed by atoms with van der Waals surface area (Å²) in [5, 5.41) is 9.18. The van der Waals surface area contributed by atoms with Gasteiger partial charge in [0.25, 0.3) is 0 Å². The van der Waals surface area contributed by atoms with Gasteiger partial charge >= 0.3 is 5.97 Å². The van der Waals surface area contributed by atoms with E-state index in [1.165, 1.54) is 29.3 Å². The number of hydrogen-bond donors (Lipinski definition) is 1. The zero-order valence-corrected chi connectivity index (χ0v) is 15.8. The van der Waals surface area contributed by atoms with E-state index in [0.717, 1.165) is 31.5 Å². The summed E-state index contributed by atoms with van der Waals surface area (Å²) in [6, 6.07) is 10.8. The van der Waals surface area contributed by atoms with Gasteiger partial charge < -0.3 is 5.11 Å². The van der Waals surface area contributed by atoms with Crippen molar-refractivity contribution >= 4 is 5.97 Å². The molecule has 4 rings (SSSR count). The van der Waals surface area contributed by atoms with Crippen molar-refractivity contribution in [1.82, 2.24) is 4.90 Å². The lowest BCUT2D eigenvalue weighted by Crippen LogP contribution is -2.38. The standard InChI is InChI=1S/C23H25F2NO2/c24-20-2-1-3-21(25)19(20)8-5-15-4-7-18-17(14-15)6-9-22(18)26-12-10-16(11-13-26)23(27)28/h1-4,7,14,16,22H,5-6,8-13H2,(H,27,28). The lowest BCUT2D eigenvalue weighted by Gasteiger charge is -2.35. The molecule has 1 heterocycles. The number of aliphatic carboxylic acids is 1. The molecule has 1 N–H and O–H groups in total. The molecule has 1 saturated heterocycles. The Bertz CT molecular complexity index is 855. The van der Waals surface area contributed by atoms with Gasteiger partial charge in [0.2, 0.25) is 0 Å². The summed E-state index contributed by atoms with van der Waals surface area (Å²) in [5.74, 6) is -1.85. The fourth-order valence-corrected chi connectivity index (χ4v) is 4.68. The van der Waals surface area contributed by atoms with Crippen LogP contribution >= 0.6 is 0 Å². The van der Waals surface area contributed by atoms with E-state index in [-0.39, 0.29) is 11.5 Å². The van der Waals surface area contributed by atoms with Gasteiger partial charge in [0, 0.05) is 11.6 Å². The predicted octanol–water partition coefficient (Wildman–Crippen LogP) is 4.53. The Balaban J connectivity index is 1.42. The van der Waals surface area contributed by atoms with Crippen molar-refractivity contribution in [2.75, 3.05) is 13.1 Å². The molecular formula is C23H25F2NO2. The molecule has 1 aliphatic carbocycles. The number of carbonyl (C=O) groups is 1. The average molecular weight is 385 g/mol. The number of carboxylic acid groups (broad SMARTS) is 1. The number of fused-ring (bicyclic) bond motifs is 1. The van der Waals surface area contributed by atoms with E-state index in [0.29, 0.717) is 31.7 Å². The fourth-order valence-electron chi connectivity index (χ4n) is 4.68. The molecule has 0 saturated carbocycles. The quantitative estimate of drug-likeness (QED) is 0.822. The predicted molar refractivity (Wildman–Crippen MR) is 103 cm³/mol. The molecule has 1 unspecified atom stereocenters. The molecule has 0 bridgehead atoms. The van der Waals surface area contributed by atoms with Crippen LogP contribution in [0.4, 0.5) is 8.78 Å². The van der Waals surface area contributed by atoms with E-state index in [1.807, 2.05) is 0 Å². The molecule has 2 aromatic carbocycles. The van der Waals surface area contributed by atoms with E-state index < -0.39 is 17.6 Å². The second-order valence-electron chi connectivity index (χ2n) is 7.94. The normalized spacial score (nSPS) is 20.3. The highest BCUT2D eigenvalue weighted by molar-refractivity contribution is 5.70. The molecule has 1 atom stereocenters. The van der Waals surface area contributed by atoms with E-state index in [1.54, 1.807) is 0 Å². The molecular weight excluding hydrogens is 360 g/mol. The van der Waals surface area contributed by atoms with Gasteiger partial charge in [0.15, 0.2) is 0 Å². The maximum Gasteiger partial charge on any atom is 0.306 e. The minimum atomic E-state index is -0.678. The number of halogens is 2. The Morgan fingerprint density at radius 2 is 1.75 bits per heavy atom. The van der Waals surface area contributed by atoms with Crippen LogP contribution in [0, 0.1) is 17.6 Å². The topological polar surface area (TPSA) is 40.5 Å². The van der Waals surface area contributed by atoms with E-state index in [2.05, 4.69) is 23.1 Å². The molecule has 5 heteroatoms. The summed E-state index contributed by atoms with van der Waals surface area (Å²) in [5.41, 5.74) is 3.90. The van der Waals surface area contributed by atoms with Crippen molar-refractivity contribution < 1.29 is 18.7 Å². The summed E-state index contributed by atoms with van der Waals surface area (Å²) >= 11 is 0. The van der Waals surface area contributed by atoms with Gasteiger partial charge in [-0.15, -0.1) is 0 Å². The molecule has 1 fully saturated rings. The first-order chi connectivity index (χ1) is 13.5. The number of piperidine rings is 1. The van der Waals surface area contributed by atoms with Crippen LogP contribution in [0.1, 0.15) is 47.6 Å². The molecule has 0 spiro atoms. The zero-order valence-electron chi connectivity index (χ0n) is 15.8. The Hall–Kier alpha value is -2.27. The molecule has 28 heavy (non-hydrogen) atoms. The van der Waals surface area contributed by atoms with Crippen LogP contribution in [-0.2, 0) is 24.1 Å². The number of nitrogens with zero attached hydrogens (tertiary/aromatic N) is 1. The first-order valence-electron chi connectivity index (χ1n) is 10.0. The molecule has 1 aliphatic heterocycles. The molecule has 2 aliphatic rings. The second kappa shape index (κ2) is 8.00. The third-order valence-corrected chi connectivity index (χ3v) is 6.30. The van der Waals surface area contributed by atoms with Crippen LogP contribution in [0.3, 0.4) is 0 Å².